The zero-order valence-corrected chi connectivity index (χ0v) is 30.6. The summed E-state index contributed by atoms with van der Waals surface area (Å²) in [6.45, 7) is 8.31. The Hall–Kier alpha value is -2.74. The van der Waals surface area contributed by atoms with Gasteiger partial charge in [0.25, 0.3) is 0 Å². The van der Waals surface area contributed by atoms with E-state index in [4.69, 9.17) is 0 Å². The van der Waals surface area contributed by atoms with Crippen molar-refractivity contribution >= 4 is 68.1 Å². The minimum atomic E-state index is 0. The van der Waals surface area contributed by atoms with Crippen LogP contribution < -0.4 is 0 Å². The summed E-state index contributed by atoms with van der Waals surface area (Å²) in [6, 6.07) is 47.8. The Morgan fingerprint density at radius 3 is 1.47 bits per heavy atom. The maximum absolute atomic E-state index is 2.28. The summed E-state index contributed by atoms with van der Waals surface area (Å²) in [5.41, 5.74) is 7.92. The molecule has 0 aromatic heterocycles. The molecule has 0 saturated carbocycles. The fraction of sp³-hybridized carbons (Fsp3) is 0.103. The molecule has 0 aliphatic heterocycles. The number of hydrogen-bond acceptors (Lipinski definition) is 0. The molecule has 0 aliphatic rings. The van der Waals surface area contributed by atoms with Gasteiger partial charge in [-0.2, -0.15) is 12.1 Å². The van der Waals surface area contributed by atoms with Crippen LogP contribution in [0.4, 0.5) is 0 Å². The van der Waals surface area contributed by atoms with Crippen LogP contribution in [0.3, 0.4) is 0 Å². The largest absolute Gasteiger partial charge is 3.00 e. The normalized spacial score (nSPS) is 9.40. The second-order valence-corrected chi connectivity index (χ2v) is 9.58. The average Bonchev–Trinajstić information content (AvgIpc) is 3.55. The summed E-state index contributed by atoms with van der Waals surface area (Å²) in [7, 11) is 0. The number of rotatable bonds is 2. The monoisotopic (exact) mass is 695 g/mol. The van der Waals surface area contributed by atoms with E-state index in [1.807, 2.05) is 13.8 Å². The number of aryl methyl sites for hydroxylation is 2. The van der Waals surface area contributed by atoms with Crippen LogP contribution >= 0.6 is 24.8 Å². The predicted molar refractivity (Wildman–Crippen MR) is 195 cm³/mol. The topological polar surface area (TPSA) is 0 Å². The second kappa shape index (κ2) is 18.8. The SMILES string of the molecule is CC.Cc1cc2c(-c3cccc4ccccc34)cccc2[cH-]1.Cc1cc2c(-c3ccccc3)cccc2[cH-]1.Cl.Cl.[CH3-].[Si].[Zr+3]. The first-order valence-electron chi connectivity index (χ1n) is 13.5. The molecular formula is C39H39Cl2SiZr. The van der Waals surface area contributed by atoms with Gasteiger partial charge in [-0.3, -0.25) is 0 Å². The van der Waals surface area contributed by atoms with Gasteiger partial charge in [0.05, 0.1) is 0 Å². The summed E-state index contributed by atoms with van der Waals surface area (Å²) in [5, 5.41) is 7.98. The van der Waals surface area contributed by atoms with Gasteiger partial charge in [-0.05, 0) is 21.9 Å². The third-order valence-electron chi connectivity index (χ3n) is 6.95. The van der Waals surface area contributed by atoms with Gasteiger partial charge < -0.3 is 7.43 Å². The van der Waals surface area contributed by atoms with Gasteiger partial charge in [-0.15, -0.1) is 93.9 Å². The second-order valence-electron chi connectivity index (χ2n) is 9.58. The molecule has 0 nitrogen and oxygen atoms in total. The molecule has 7 aromatic rings. The zero-order valence-electron chi connectivity index (χ0n) is 25.5. The van der Waals surface area contributed by atoms with Gasteiger partial charge >= 0.3 is 26.2 Å². The van der Waals surface area contributed by atoms with Gasteiger partial charge in [-0.1, -0.05) is 124 Å². The average molecular weight is 698 g/mol. The van der Waals surface area contributed by atoms with Crippen molar-refractivity contribution in [3.05, 3.63) is 152 Å². The van der Waals surface area contributed by atoms with E-state index in [1.165, 1.54) is 65.7 Å². The van der Waals surface area contributed by atoms with Crippen molar-refractivity contribution in [3.63, 3.8) is 0 Å². The van der Waals surface area contributed by atoms with Crippen molar-refractivity contribution in [2.75, 3.05) is 0 Å². The summed E-state index contributed by atoms with van der Waals surface area (Å²) >= 11 is 0. The predicted octanol–water partition coefficient (Wildman–Crippen LogP) is 12.2. The number of benzene rings is 5. The van der Waals surface area contributed by atoms with Crippen LogP contribution in [0, 0.1) is 21.3 Å². The Bertz CT molecular complexity index is 1810. The molecule has 4 heteroatoms. The first kappa shape index (κ1) is 40.3. The maximum Gasteiger partial charge on any atom is 3.00 e. The standard InChI is InChI=1S/C20H15.C16H13.C2H6.CH3.2ClH.Si.Zr/c1-14-12-16-8-5-11-19(20(16)13-14)18-10-4-7-15-6-2-3-9-17(15)18;1-12-10-14-8-5-9-15(16(14)11-12)13-6-3-2-4-7-13;1-2;;;;;/h2-13H,1H3;2-11H,1H3;1-2H3;1H3;2*1H;;/q2*-1;;-1;;;;+3. The molecule has 7 rings (SSSR count). The van der Waals surface area contributed by atoms with E-state index in [9.17, 15) is 0 Å². The molecule has 0 saturated heterocycles. The van der Waals surface area contributed by atoms with E-state index >= 15 is 0 Å². The molecule has 0 fully saturated rings. The van der Waals surface area contributed by atoms with Crippen LogP contribution in [-0.4, -0.2) is 11.0 Å². The Morgan fingerprint density at radius 2 is 0.884 bits per heavy atom. The van der Waals surface area contributed by atoms with E-state index in [0.717, 1.165) is 0 Å². The van der Waals surface area contributed by atoms with Gasteiger partial charge in [0.1, 0.15) is 0 Å². The van der Waals surface area contributed by atoms with E-state index < -0.39 is 0 Å². The number of hydrogen-bond donors (Lipinski definition) is 0. The summed E-state index contributed by atoms with van der Waals surface area (Å²) in [4.78, 5) is 0. The molecule has 7 aromatic carbocycles. The minimum Gasteiger partial charge on any atom is -0.358 e. The van der Waals surface area contributed by atoms with Gasteiger partial charge in [-0.25, -0.2) is 0 Å². The van der Waals surface area contributed by atoms with Crippen molar-refractivity contribution in [1.82, 2.24) is 0 Å². The number of fused-ring (bicyclic) bond motifs is 3. The third-order valence-corrected chi connectivity index (χ3v) is 6.95. The van der Waals surface area contributed by atoms with Crippen molar-refractivity contribution < 1.29 is 26.2 Å². The molecule has 0 bridgehead atoms. The fourth-order valence-corrected chi connectivity index (χ4v) is 5.33. The van der Waals surface area contributed by atoms with Crippen molar-refractivity contribution in [3.8, 4) is 22.3 Å². The molecule has 0 amide bonds. The van der Waals surface area contributed by atoms with Crippen LogP contribution in [0.1, 0.15) is 25.0 Å². The smallest absolute Gasteiger partial charge is 0.358 e. The molecule has 43 heavy (non-hydrogen) atoms. The number of halogens is 2. The third kappa shape index (κ3) is 8.90. The van der Waals surface area contributed by atoms with Crippen molar-refractivity contribution in [2.24, 2.45) is 0 Å². The van der Waals surface area contributed by atoms with Gasteiger partial charge in [0, 0.05) is 11.0 Å². The Balaban J connectivity index is 0.000000710. The van der Waals surface area contributed by atoms with Gasteiger partial charge in [0.2, 0.25) is 0 Å². The molecule has 0 aliphatic carbocycles. The Morgan fingerprint density at radius 1 is 0.465 bits per heavy atom. The summed E-state index contributed by atoms with van der Waals surface area (Å²) in [5.74, 6) is 0. The molecule has 0 unspecified atom stereocenters. The first-order valence-corrected chi connectivity index (χ1v) is 13.5. The summed E-state index contributed by atoms with van der Waals surface area (Å²) < 4.78 is 0. The Labute approximate surface area is 294 Å². The van der Waals surface area contributed by atoms with Crippen molar-refractivity contribution in [1.29, 1.82) is 0 Å². The van der Waals surface area contributed by atoms with Crippen LogP contribution in [0.15, 0.2) is 133 Å². The zero-order chi connectivity index (χ0) is 26.5. The quantitative estimate of drug-likeness (QED) is 0.125. The minimum absolute atomic E-state index is 0. The van der Waals surface area contributed by atoms with Gasteiger partial charge in [0.15, 0.2) is 0 Å². The fourth-order valence-electron chi connectivity index (χ4n) is 5.33. The molecule has 0 heterocycles. The Kier molecular flexibility index (Phi) is 17.6. The van der Waals surface area contributed by atoms with Crippen LogP contribution in [0.5, 0.6) is 0 Å². The molecule has 5 radical (unpaired) electrons. The van der Waals surface area contributed by atoms with Crippen LogP contribution in [0.2, 0.25) is 0 Å². The van der Waals surface area contributed by atoms with E-state index in [2.05, 4.69) is 147 Å². The molecule has 217 valence electrons. The molecule has 0 N–H and O–H groups in total. The van der Waals surface area contributed by atoms with Crippen LogP contribution in [0.25, 0.3) is 54.6 Å². The van der Waals surface area contributed by atoms with E-state index in [0.29, 0.717) is 0 Å². The summed E-state index contributed by atoms with van der Waals surface area (Å²) in [6.07, 6.45) is 0. The first-order chi connectivity index (χ1) is 18.7. The van der Waals surface area contributed by atoms with Crippen molar-refractivity contribution in [2.45, 2.75) is 27.7 Å². The molecule has 0 atom stereocenters. The van der Waals surface area contributed by atoms with E-state index in [-0.39, 0.29) is 69.4 Å². The molecule has 0 spiro atoms. The van der Waals surface area contributed by atoms with Crippen LogP contribution in [-0.2, 0) is 26.2 Å². The maximum atomic E-state index is 2.28. The van der Waals surface area contributed by atoms with E-state index in [1.54, 1.807) is 0 Å². The molecular weight excluding hydrogens is 659 g/mol.